The number of carbonyl (C=O) groups excluding carboxylic acids is 1. The topological polar surface area (TPSA) is 85.3 Å². The monoisotopic (exact) mass is 341 g/mol. The second-order valence-electron chi connectivity index (χ2n) is 6.50. The molecule has 0 bridgehead atoms. The van der Waals surface area contributed by atoms with Gasteiger partial charge in [0.15, 0.2) is 0 Å². The number of nitrogens with zero attached hydrogens (tertiary/aromatic N) is 3. The van der Waals surface area contributed by atoms with E-state index in [1.54, 1.807) is 23.8 Å². The van der Waals surface area contributed by atoms with Crippen molar-refractivity contribution < 1.29 is 9.18 Å². The second-order valence-corrected chi connectivity index (χ2v) is 6.50. The normalized spacial score (nSPS) is 13.0. The SMILES string of the molecule is C[C@@H](Nc1c(C(N)=O)cnn2cc(-c3ccccn3)cc12)C(C)(C)F. The highest BCUT2D eigenvalue weighted by molar-refractivity contribution is 6.02. The van der Waals surface area contributed by atoms with Crippen LogP contribution in [0.25, 0.3) is 16.8 Å². The Morgan fingerprint density at radius 3 is 2.76 bits per heavy atom. The van der Waals surface area contributed by atoms with Crippen molar-refractivity contribution in [1.82, 2.24) is 14.6 Å². The van der Waals surface area contributed by atoms with Crippen molar-refractivity contribution in [3.8, 4) is 11.3 Å². The molecule has 0 aliphatic carbocycles. The number of amides is 1. The summed E-state index contributed by atoms with van der Waals surface area (Å²) in [5, 5.41) is 7.32. The van der Waals surface area contributed by atoms with Crippen LogP contribution in [0.2, 0.25) is 0 Å². The van der Waals surface area contributed by atoms with Crippen LogP contribution in [-0.2, 0) is 0 Å². The van der Waals surface area contributed by atoms with E-state index in [-0.39, 0.29) is 5.56 Å². The Balaban J connectivity index is 2.15. The summed E-state index contributed by atoms with van der Waals surface area (Å²) in [5.74, 6) is -0.623. The molecule has 3 rings (SSSR count). The van der Waals surface area contributed by atoms with Gasteiger partial charge in [0, 0.05) is 18.0 Å². The number of hydrogen-bond donors (Lipinski definition) is 2. The van der Waals surface area contributed by atoms with Gasteiger partial charge in [-0.1, -0.05) is 6.07 Å². The van der Waals surface area contributed by atoms with E-state index in [2.05, 4.69) is 15.4 Å². The number of anilines is 1. The van der Waals surface area contributed by atoms with Crippen LogP contribution < -0.4 is 11.1 Å². The molecule has 6 nitrogen and oxygen atoms in total. The van der Waals surface area contributed by atoms with Gasteiger partial charge in [-0.15, -0.1) is 0 Å². The smallest absolute Gasteiger partial charge is 0.252 e. The van der Waals surface area contributed by atoms with E-state index >= 15 is 0 Å². The van der Waals surface area contributed by atoms with E-state index in [0.717, 1.165) is 11.3 Å². The number of fused-ring (bicyclic) bond motifs is 1. The molecule has 3 aromatic rings. The predicted octanol–water partition coefficient (Wildman–Crippen LogP) is 3.04. The Bertz CT molecular complexity index is 914. The fraction of sp³-hybridized carbons (Fsp3) is 0.278. The summed E-state index contributed by atoms with van der Waals surface area (Å²) in [7, 11) is 0. The number of alkyl halides is 1. The highest BCUT2D eigenvalue weighted by atomic mass is 19.1. The standard InChI is InChI=1S/C18H20FN5O/c1-11(18(2,3)19)23-16-13(17(20)25)9-22-24-10-12(8-15(16)24)14-6-4-5-7-21-14/h4-11,23H,1-3H3,(H2,20,25)/t11-/m1/s1. The molecule has 3 heterocycles. The molecule has 0 saturated heterocycles. The Hall–Kier alpha value is -2.96. The Morgan fingerprint density at radius 2 is 2.16 bits per heavy atom. The number of nitrogens with two attached hydrogens (primary N) is 1. The van der Waals surface area contributed by atoms with Crippen molar-refractivity contribution in [2.75, 3.05) is 5.32 Å². The summed E-state index contributed by atoms with van der Waals surface area (Å²) in [6, 6.07) is 6.91. The van der Waals surface area contributed by atoms with Crippen LogP contribution in [0.4, 0.5) is 10.1 Å². The minimum absolute atomic E-state index is 0.217. The molecule has 7 heteroatoms. The van der Waals surface area contributed by atoms with Gasteiger partial charge in [0.05, 0.1) is 34.7 Å². The minimum Gasteiger partial charge on any atom is -0.377 e. The number of rotatable bonds is 5. The summed E-state index contributed by atoms with van der Waals surface area (Å²) < 4.78 is 15.9. The summed E-state index contributed by atoms with van der Waals surface area (Å²) in [4.78, 5) is 16.1. The number of carbonyl (C=O) groups is 1. The number of halogens is 1. The van der Waals surface area contributed by atoms with Gasteiger partial charge in [0.25, 0.3) is 5.91 Å². The van der Waals surface area contributed by atoms with Gasteiger partial charge in [0.2, 0.25) is 0 Å². The van der Waals surface area contributed by atoms with Crippen LogP contribution in [0, 0.1) is 0 Å². The number of pyridine rings is 1. The number of primary amides is 1. The molecule has 1 amide bonds. The molecule has 0 fully saturated rings. The summed E-state index contributed by atoms with van der Waals surface area (Å²) >= 11 is 0. The molecule has 0 saturated carbocycles. The second kappa shape index (κ2) is 6.16. The molecule has 3 aromatic heterocycles. The van der Waals surface area contributed by atoms with E-state index in [4.69, 9.17) is 5.73 Å². The van der Waals surface area contributed by atoms with E-state index in [1.807, 2.05) is 24.3 Å². The van der Waals surface area contributed by atoms with Gasteiger partial charge >= 0.3 is 0 Å². The third kappa shape index (κ3) is 3.31. The molecule has 0 radical (unpaired) electrons. The first kappa shape index (κ1) is 16.9. The lowest BCUT2D eigenvalue weighted by Gasteiger charge is -2.26. The molecular weight excluding hydrogens is 321 g/mol. The Labute approximate surface area is 144 Å². The third-order valence-corrected chi connectivity index (χ3v) is 4.25. The molecule has 0 aliphatic rings. The maximum Gasteiger partial charge on any atom is 0.252 e. The van der Waals surface area contributed by atoms with Gasteiger partial charge in [-0.2, -0.15) is 5.10 Å². The molecule has 0 aliphatic heterocycles. The number of nitrogens with one attached hydrogen (secondary N) is 1. The lowest BCUT2D eigenvalue weighted by Crippen LogP contribution is -2.36. The maximum absolute atomic E-state index is 14.3. The largest absolute Gasteiger partial charge is 0.377 e. The van der Waals surface area contributed by atoms with Crippen molar-refractivity contribution >= 4 is 17.1 Å². The van der Waals surface area contributed by atoms with E-state index < -0.39 is 17.6 Å². The van der Waals surface area contributed by atoms with Crippen molar-refractivity contribution in [2.24, 2.45) is 5.73 Å². The molecule has 0 spiro atoms. The maximum atomic E-state index is 14.3. The average molecular weight is 341 g/mol. The van der Waals surface area contributed by atoms with E-state index in [1.165, 1.54) is 20.0 Å². The van der Waals surface area contributed by atoms with Crippen LogP contribution in [0.5, 0.6) is 0 Å². The lowest BCUT2D eigenvalue weighted by molar-refractivity contribution is 0.1000. The Morgan fingerprint density at radius 1 is 1.40 bits per heavy atom. The van der Waals surface area contributed by atoms with Crippen LogP contribution in [0.15, 0.2) is 42.9 Å². The van der Waals surface area contributed by atoms with Crippen LogP contribution in [0.1, 0.15) is 31.1 Å². The average Bonchev–Trinajstić information content (AvgIpc) is 2.99. The van der Waals surface area contributed by atoms with Crippen molar-refractivity contribution in [3.05, 3.63) is 48.4 Å². The Kier molecular flexibility index (Phi) is 4.16. The van der Waals surface area contributed by atoms with Gasteiger partial charge < -0.3 is 11.1 Å². The van der Waals surface area contributed by atoms with Gasteiger partial charge in [-0.3, -0.25) is 9.78 Å². The predicted molar refractivity (Wildman–Crippen MR) is 95.2 cm³/mol. The fourth-order valence-electron chi connectivity index (χ4n) is 2.46. The lowest BCUT2D eigenvalue weighted by atomic mass is 10.0. The van der Waals surface area contributed by atoms with Gasteiger partial charge in [-0.05, 0) is 39.0 Å². The summed E-state index contributed by atoms with van der Waals surface area (Å²) in [6.07, 6.45) is 4.89. The van der Waals surface area contributed by atoms with Crippen LogP contribution >= 0.6 is 0 Å². The summed E-state index contributed by atoms with van der Waals surface area (Å²) in [6.45, 7) is 4.67. The number of hydrogen-bond acceptors (Lipinski definition) is 4. The first-order valence-electron chi connectivity index (χ1n) is 7.95. The molecule has 3 N–H and O–H groups in total. The molecule has 1 atom stereocenters. The van der Waals surface area contributed by atoms with Gasteiger partial charge in [-0.25, -0.2) is 8.91 Å². The molecule has 25 heavy (non-hydrogen) atoms. The van der Waals surface area contributed by atoms with E-state index in [9.17, 15) is 9.18 Å². The highest BCUT2D eigenvalue weighted by Crippen LogP contribution is 2.29. The molecule has 0 aromatic carbocycles. The van der Waals surface area contributed by atoms with Crippen molar-refractivity contribution in [2.45, 2.75) is 32.5 Å². The molecule has 130 valence electrons. The quantitative estimate of drug-likeness (QED) is 0.747. The van der Waals surface area contributed by atoms with Crippen molar-refractivity contribution in [3.63, 3.8) is 0 Å². The van der Waals surface area contributed by atoms with E-state index in [0.29, 0.717) is 11.2 Å². The molecular formula is C18H20FN5O. The molecule has 0 unspecified atom stereocenters. The zero-order chi connectivity index (χ0) is 18.2. The van der Waals surface area contributed by atoms with Crippen molar-refractivity contribution in [1.29, 1.82) is 0 Å². The highest BCUT2D eigenvalue weighted by Gasteiger charge is 2.27. The van der Waals surface area contributed by atoms with Crippen LogP contribution in [0.3, 0.4) is 0 Å². The number of aromatic nitrogens is 3. The fourth-order valence-corrected chi connectivity index (χ4v) is 2.46. The first-order chi connectivity index (χ1) is 11.8. The summed E-state index contributed by atoms with van der Waals surface area (Å²) in [5.41, 5.74) is 6.92. The van der Waals surface area contributed by atoms with Gasteiger partial charge in [0.1, 0.15) is 5.67 Å². The minimum atomic E-state index is -1.48. The zero-order valence-electron chi connectivity index (χ0n) is 14.3. The van der Waals surface area contributed by atoms with Crippen LogP contribution in [-0.4, -0.2) is 32.2 Å². The zero-order valence-corrected chi connectivity index (χ0v) is 14.3. The first-order valence-corrected chi connectivity index (χ1v) is 7.95. The third-order valence-electron chi connectivity index (χ3n) is 4.25.